The Morgan fingerprint density at radius 3 is 2.81 bits per heavy atom. The molecule has 1 amide bonds. The van der Waals surface area contributed by atoms with Crippen LogP contribution in [0.2, 0.25) is 5.15 Å². The predicted molar refractivity (Wildman–Crippen MR) is 83.4 cm³/mol. The summed E-state index contributed by atoms with van der Waals surface area (Å²) in [6.45, 7) is 2.81. The van der Waals surface area contributed by atoms with Gasteiger partial charge in [-0.05, 0) is 49.1 Å². The number of carbonyl (C=O) groups excluding carboxylic acids is 1. The first kappa shape index (κ1) is 14.1. The number of rotatable bonds is 2. The highest BCUT2D eigenvalue weighted by Gasteiger charge is 2.31. The quantitative estimate of drug-likeness (QED) is 0.785. The van der Waals surface area contributed by atoms with Gasteiger partial charge in [-0.15, -0.1) is 0 Å². The monoisotopic (exact) mass is 300 g/mol. The fourth-order valence-corrected chi connectivity index (χ4v) is 3.17. The Hall–Kier alpha value is -1.87. The van der Waals surface area contributed by atoms with Crippen LogP contribution in [0.15, 0.2) is 42.6 Å². The molecule has 1 aliphatic heterocycles. The van der Waals surface area contributed by atoms with Gasteiger partial charge in [-0.3, -0.25) is 4.79 Å². The number of hydrogen-bond acceptors (Lipinski definition) is 2. The van der Waals surface area contributed by atoms with Crippen LogP contribution in [0.1, 0.15) is 40.4 Å². The molecule has 3 nitrogen and oxygen atoms in total. The summed E-state index contributed by atoms with van der Waals surface area (Å²) in [5.74, 6) is 0.0902. The molecule has 2 aromatic rings. The molecule has 4 heteroatoms. The summed E-state index contributed by atoms with van der Waals surface area (Å²) in [6.07, 6.45) is 3.80. The summed E-state index contributed by atoms with van der Waals surface area (Å²) in [5, 5.41) is 0.496. The average Bonchev–Trinajstić information content (AvgIpc) is 2.96. The van der Waals surface area contributed by atoms with Crippen molar-refractivity contribution in [1.29, 1.82) is 0 Å². The van der Waals surface area contributed by atoms with E-state index in [0.29, 0.717) is 5.15 Å². The maximum atomic E-state index is 12.7. The van der Waals surface area contributed by atoms with E-state index >= 15 is 0 Å². The van der Waals surface area contributed by atoms with Gasteiger partial charge in [0.25, 0.3) is 5.91 Å². The molecule has 1 aromatic heterocycles. The minimum Gasteiger partial charge on any atom is -0.332 e. The Kier molecular flexibility index (Phi) is 3.93. The molecule has 0 aliphatic carbocycles. The molecular weight excluding hydrogens is 284 g/mol. The van der Waals surface area contributed by atoms with Crippen molar-refractivity contribution in [2.45, 2.75) is 25.8 Å². The first-order valence-electron chi connectivity index (χ1n) is 7.15. The van der Waals surface area contributed by atoms with Crippen LogP contribution in [0.25, 0.3) is 0 Å². The van der Waals surface area contributed by atoms with E-state index in [1.807, 2.05) is 48.2 Å². The fourth-order valence-electron chi connectivity index (χ4n) is 2.96. The van der Waals surface area contributed by atoms with E-state index in [1.165, 1.54) is 0 Å². The number of amides is 1. The Labute approximate surface area is 129 Å². The summed E-state index contributed by atoms with van der Waals surface area (Å²) in [7, 11) is 0. The smallest absolute Gasteiger partial charge is 0.254 e. The van der Waals surface area contributed by atoms with Crippen molar-refractivity contribution in [3.05, 3.63) is 64.4 Å². The topological polar surface area (TPSA) is 33.2 Å². The summed E-state index contributed by atoms with van der Waals surface area (Å²) in [6, 6.07) is 11.4. The molecule has 0 radical (unpaired) electrons. The second-order valence-electron chi connectivity index (χ2n) is 5.39. The van der Waals surface area contributed by atoms with Crippen LogP contribution in [0.3, 0.4) is 0 Å². The highest BCUT2D eigenvalue weighted by Crippen LogP contribution is 2.34. The molecule has 1 atom stereocenters. The number of nitrogens with zero attached hydrogens (tertiary/aromatic N) is 2. The lowest BCUT2D eigenvalue weighted by Gasteiger charge is -2.26. The molecule has 21 heavy (non-hydrogen) atoms. The lowest BCUT2D eigenvalue weighted by atomic mass is 10.0. The first-order chi connectivity index (χ1) is 10.2. The molecular formula is C17H17ClN2O. The van der Waals surface area contributed by atoms with E-state index in [1.54, 1.807) is 6.20 Å². The van der Waals surface area contributed by atoms with Crippen LogP contribution in [-0.2, 0) is 0 Å². The lowest BCUT2D eigenvalue weighted by molar-refractivity contribution is 0.0735. The summed E-state index contributed by atoms with van der Waals surface area (Å²) >= 11 is 5.93. The van der Waals surface area contributed by atoms with E-state index in [4.69, 9.17) is 11.6 Å². The predicted octanol–water partition coefficient (Wildman–Crippen LogP) is 4.02. The lowest BCUT2D eigenvalue weighted by Crippen LogP contribution is -2.30. The SMILES string of the molecule is Cc1cc(Cl)ncc1C1CCCN1C(=O)c1ccccc1. The van der Waals surface area contributed by atoms with Crippen molar-refractivity contribution in [3.63, 3.8) is 0 Å². The Bertz CT molecular complexity index is 657. The van der Waals surface area contributed by atoms with Gasteiger partial charge in [0.05, 0.1) is 6.04 Å². The summed E-state index contributed by atoms with van der Waals surface area (Å²) in [5.41, 5.74) is 2.93. The third-order valence-electron chi connectivity index (χ3n) is 4.01. The van der Waals surface area contributed by atoms with E-state index in [2.05, 4.69) is 4.98 Å². The molecule has 1 unspecified atom stereocenters. The minimum atomic E-state index is 0.0902. The van der Waals surface area contributed by atoms with Gasteiger partial charge in [0, 0.05) is 18.3 Å². The molecule has 0 saturated carbocycles. The van der Waals surface area contributed by atoms with Gasteiger partial charge in [0.2, 0.25) is 0 Å². The molecule has 3 rings (SSSR count). The van der Waals surface area contributed by atoms with Crippen molar-refractivity contribution in [2.24, 2.45) is 0 Å². The molecule has 1 fully saturated rings. The van der Waals surface area contributed by atoms with Crippen molar-refractivity contribution >= 4 is 17.5 Å². The third-order valence-corrected chi connectivity index (χ3v) is 4.22. The normalized spacial score (nSPS) is 18.0. The number of aromatic nitrogens is 1. The van der Waals surface area contributed by atoms with Gasteiger partial charge in [-0.1, -0.05) is 29.8 Å². The highest BCUT2D eigenvalue weighted by molar-refractivity contribution is 6.29. The molecule has 0 bridgehead atoms. The van der Waals surface area contributed by atoms with Gasteiger partial charge in [-0.25, -0.2) is 4.98 Å². The zero-order valence-corrected chi connectivity index (χ0v) is 12.7. The van der Waals surface area contributed by atoms with Gasteiger partial charge >= 0.3 is 0 Å². The van der Waals surface area contributed by atoms with Crippen molar-refractivity contribution in [2.75, 3.05) is 6.54 Å². The van der Waals surface area contributed by atoms with E-state index in [9.17, 15) is 4.79 Å². The second kappa shape index (κ2) is 5.86. The van der Waals surface area contributed by atoms with E-state index < -0.39 is 0 Å². The molecule has 1 aromatic carbocycles. The zero-order chi connectivity index (χ0) is 14.8. The Morgan fingerprint density at radius 2 is 2.10 bits per heavy atom. The number of benzene rings is 1. The van der Waals surface area contributed by atoms with Crippen LogP contribution < -0.4 is 0 Å². The van der Waals surface area contributed by atoms with Crippen LogP contribution in [-0.4, -0.2) is 22.3 Å². The van der Waals surface area contributed by atoms with Gasteiger partial charge in [0.1, 0.15) is 5.15 Å². The van der Waals surface area contributed by atoms with Crippen LogP contribution in [0, 0.1) is 6.92 Å². The zero-order valence-electron chi connectivity index (χ0n) is 11.9. The number of halogens is 1. The molecule has 108 valence electrons. The number of pyridine rings is 1. The maximum absolute atomic E-state index is 12.7. The number of carbonyl (C=O) groups is 1. The van der Waals surface area contributed by atoms with Crippen LogP contribution in [0.4, 0.5) is 0 Å². The Balaban J connectivity index is 1.91. The van der Waals surface area contributed by atoms with Crippen molar-refractivity contribution < 1.29 is 4.79 Å². The highest BCUT2D eigenvalue weighted by atomic mass is 35.5. The van der Waals surface area contributed by atoms with Crippen molar-refractivity contribution in [1.82, 2.24) is 9.88 Å². The van der Waals surface area contributed by atoms with E-state index in [-0.39, 0.29) is 11.9 Å². The van der Waals surface area contributed by atoms with Gasteiger partial charge < -0.3 is 4.90 Å². The standard InChI is InChI=1S/C17H17ClN2O/c1-12-10-16(18)19-11-14(12)15-8-5-9-20(15)17(21)13-6-3-2-4-7-13/h2-4,6-7,10-11,15H,5,8-9H2,1H3. The van der Waals surface area contributed by atoms with Gasteiger partial charge in [0.15, 0.2) is 0 Å². The first-order valence-corrected chi connectivity index (χ1v) is 7.52. The fraction of sp³-hybridized carbons (Fsp3) is 0.294. The van der Waals surface area contributed by atoms with Crippen LogP contribution in [0.5, 0.6) is 0 Å². The Morgan fingerprint density at radius 1 is 1.33 bits per heavy atom. The maximum Gasteiger partial charge on any atom is 0.254 e. The average molecular weight is 301 g/mol. The molecule has 1 saturated heterocycles. The number of aryl methyl sites for hydroxylation is 1. The number of likely N-dealkylation sites (tertiary alicyclic amines) is 1. The molecule has 2 heterocycles. The van der Waals surface area contributed by atoms with Crippen LogP contribution >= 0.6 is 11.6 Å². The van der Waals surface area contributed by atoms with E-state index in [0.717, 1.165) is 36.1 Å². The third kappa shape index (κ3) is 2.79. The number of hydrogen-bond donors (Lipinski definition) is 0. The molecule has 0 N–H and O–H groups in total. The summed E-state index contributed by atoms with van der Waals surface area (Å²) < 4.78 is 0. The van der Waals surface area contributed by atoms with Gasteiger partial charge in [-0.2, -0.15) is 0 Å². The largest absolute Gasteiger partial charge is 0.332 e. The summed E-state index contributed by atoms with van der Waals surface area (Å²) in [4.78, 5) is 18.8. The molecule has 0 spiro atoms. The second-order valence-corrected chi connectivity index (χ2v) is 5.77. The molecule has 1 aliphatic rings. The van der Waals surface area contributed by atoms with Crippen molar-refractivity contribution in [3.8, 4) is 0 Å². The minimum absolute atomic E-state index is 0.0902.